The van der Waals surface area contributed by atoms with E-state index in [-0.39, 0.29) is 6.10 Å². The number of rotatable bonds is 7. The first-order chi connectivity index (χ1) is 9.88. The normalized spacial score (nSPS) is 12.9. The standard InChI is InChI=1S/C14H21N3O4/c1-5-10(4)21-14(20)11(13(18)19)8-15-12-7-9(3)16-17(12)6-2/h7-8,10,15H,5-6H2,1-4H3,(H,18,19). The lowest BCUT2D eigenvalue weighted by atomic mass is 10.2. The average Bonchev–Trinajstić information content (AvgIpc) is 2.78. The van der Waals surface area contributed by atoms with Gasteiger partial charge < -0.3 is 15.2 Å². The fourth-order valence-corrected chi connectivity index (χ4v) is 1.59. The predicted octanol–water partition coefficient (Wildman–Crippen LogP) is 1.93. The summed E-state index contributed by atoms with van der Waals surface area (Å²) >= 11 is 0. The van der Waals surface area contributed by atoms with Crippen LogP contribution in [-0.2, 0) is 20.9 Å². The zero-order valence-corrected chi connectivity index (χ0v) is 12.7. The molecule has 0 aromatic carbocycles. The van der Waals surface area contributed by atoms with Gasteiger partial charge in [0.15, 0.2) is 5.57 Å². The first-order valence-corrected chi connectivity index (χ1v) is 6.84. The summed E-state index contributed by atoms with van der Waals surface area (Å²) in [7, 11) is 0. The van der Waals surface area contributed by atoms with Crippen LogP contribution in [0.2, 0.25) is 0 Å². The number of carbonyl (C=O) groups excluding carboxylic acids is 1. The van der Waals surface area contributed by atoms with Crippen LogP contribution in [-0.4, -0.2) is 32.9 Å². The number of ether oxygens (including phenoxy) is 1. The Kier molecular flexibility index (Phi) is 5.95. The van der Waals surface area contributed by atoms with E-state index in [0.717, 1.165) is 11.9 Å². The number of aryl methyl sites for hydroxylation is 2. The monoisotopic (exact) mass is 295 g/mol. The smallest absolute Gasteiger partial charge is 0.347 e. The van der Waals surface area contributed by atoms with E-state index in [2.05, 4.69) is 10.4 Å². The van der Waals surface area contributed by atoms with Crippen molar-refractivity contribution in [3.8, 4) is 0 Å². The van der Waals surface area contributed by atoms with E-state index in [0.29, 0.717) is 18.8 Å². The molecule has 0 aliphatic heterocycles. The number of aromatic nitrogens is 2. The highest BCUT2D eigenvalue weighted by atomic mass is 16.5. The minimum absolute atomic E-state index is 0.330. The van der Waals surface area contributed by atoms with Gasteiger partial charge in [0, 0.05) is 18.8 Å². The van der Waals surface area contributed by atoms with Crippen molar-refractivity contribution >= 4 is 17.8 Å². The molecule has 2 N–H and O–H groups in total. The van der Waals surface area contributed by atoms with E-state index in [9.17, 15) is 9.59 Å². The van der Waals surface area contributed by atoms with Crippen molar-refractivity contribution in [3.63, 3.8) is 0 Å². The number of esters is 1. The maximum absolute atomic E-state index is 11.8. The lowest BCUT2D eigenvalue weighted by Gasteiger charge is -2.11. The van der Waals surface area contributed by atoms with E-state index in [1.54, 1.807) is 17.7 Å². The van der Waals surface area contributed by atoms with E-state index >= 15 is 0 Å². The minimum Gasteiger partial charge on any atom is -0.477 e. The molecule has 0 saturated carbocycles. The molecule has 0 aliphatic rings. The van der Waals surface area contributed by atoms with Gasteiger partial charge in [0.2, 0.25) is 0 Å². The van der Waals surface area contributed by atoms with Crippen molar-refractivity contribution < 1.29 is 19.4 Å². The van der Waals surface area contributed by atoms with E-state index in [1.807, 2.05) is 20.8 Å². The van der Waals surface area contributed by atoms with Gasteiger partial charge in [0.1, 0.15) is 5.82 Å². The molecule has 0 bridgehead atoms. The zero-order chi connectivity index (χ0) is 16.0. The topological polar surface area (TPSA) is 93.5 Å². The molecule has 0 aliphatic carbocycles. The summed E-state index contributed by atoms with van der Waals surface area (Å²) < 4.78 is 6.69. The molecule has 0 fully saturated rings. The molecule has 1 heterocycles. The van der Waals surface area contributed by atoms with Crippen LogP contribution in [0.5, 0.6) is 0 Å². The second-order valence-corrected chi connectivity index (χ2v) is 4.62. The van der Waals surface area contributed by atoms with Crippen LogP contribution < -0.4 is 5.32 Å². The number of carbonyl (C=O) groups is 2. The van der Waals surface area contributed by atoms with Gasteiger partial charge >= 0.3 is 11.9 Å². The molecule has 7 nitrogen and oxygen atoms in total. The van der Waals surface area contributed by atoms with Crippen LogP contribution in [0.1, 0.15) is 32.9 Å². The third-order valence-electron chi connectivity index (χ3n) is 2.90. The number of carboxylic acid groups (broad SMARTS) is 1. The largest absolute Gasteiger partial charge is 0.477 e. The van der Waals surface area contributed by atoms with Crippen molar-refractivity contribution in [2.75, 3.05) is 5.32 Å². The molecule has 1 atom stereocenters. The highest BCUT2D eigenvalue weighted by Gasteiger charge is 2.21. The maximum atomic E-state index is 11.8. The third-order valence-corrected chi connectivity index (χ3v) is 2.90. The SMILES string of the molecule is CCC(C)OC(=O)C(=CNc1cc(C)nn1CC)C(=O)O. The molecule has 0 amide bonds. The zero-order valence-electron chi connectivity index (χ0n) is 12.7. The molecule has 116 valence electrons. The summed E-state index contributed by atoms with van der Waals surface area (Å²) in [6, 6.07) is 1.76. The molecule has 1 aromatic heterocycles. The maximum Gasteiger partial charge on any atom is 0.347 e. The molecule has 21 heavy (non-hydrogen) atoms. The van der Waals surface area contributed by atoms with Crippen molar-refractivity contribution in [3.05, 3.63) is 23.5 Å². The van der Waals surface area contributed by atoms with Crippen molar-refractivity contribution in [2.45, 2.75) is 46.8 Å². The van der Waals surface area contributed by atoms with Crippen LogP contribution >= 0.6 is 0 Å². The Morgan fingerprint density at radius 1 is 1.52 bits per heavy atom. The number of hydrogen-bond donors (Lipinski definition) is 2. The molecular formula is C14H21N3O4. The molecule has 7 heteroatoms. The van der Waals surface area contributed by atoms with Crippen molar-refractivity contribution in [1.29, 1.82) is 0 Å². The number of anilines is 1. The second-order valence-electron chi connectivity index (χ2n) is 4.62. The highest BCUT2D eigenvalue weighted by molar-refractivity contribution is 6.13. The Morgan fingerprint density at radius 2 is 2.19 bits per heavy atom. The Hall–Kier alpha value is -2.31. The third kappa shape index (κ3) is 4.62. The summed E-state index contributed by atoms with van der Waals surface area (Å²) in [6.07, 6.45) is 1.42. The van der Waals surface area contributed by atoms with Crippen LogP contribution in [0, 0.1) is 6.92 Å². The number of nitrogens with zero attached hydrogens (tertiary/aromatic N) is 2. The number of nitrogens with one attached hydrogen (secondary N) is 1. The Balaban J connectivity index is 2.90. The second kappa shape index (κ2) is 7.47. The summed E-state index contributed by atoms with van der Waals surface area (Å²) in [5.74, 6) is -1.58. The number of hydrogen-bond acceptors (Lipinski definition) is 5. The summed E-state index contributed by atoms with van der Waals surface area (Å²) in [5, 5.41) is 16.1. The van der Waals surface area contributed by atoms with Gasteiger partial charge in [0.25, 0.3) is 0 Å². The first kappa shape index (κ1) is 16.7. The molecular weight excluding hydrogens is 274 g/mol. The quantitative estimate of drug-likeness (QED) is 0.345. The Bertz CT molecular complexity index is 548. The molecule has 0 radical (unpaired) electrons. The molecule has 1 unspecified atom stereocenters. The molecule has 0 saturated heterocycles. The van der Waals surface area contributed by atoms with Gasteiger partial charge in [-0.25, -0.2) is 14.3 Å². The molecule has 1 rings (SSSR count). The van der Waals surface area contributed by atoms with Gasteiger partial charge in [-0.15, -0.1) is 0 Å². The Labute approximate surface area is 123 Å². The average molecular weight is 295 g/mol. The van der Waals surface area contributed by atoms with Gasteiger partial charge in [-0.3, -0.25) is 0 Å². The predicted molar refractivity (Wildman–Crippen MR) is 77.8 cm³/mol. The van der Waals surface area contributed by atoms with Gasteiger partial charge in [-0.2, -0.15) is 5.10 Å². The number of carboxylic acids is 1. The van der Waals surface area contributed by atoms with Crippen LogP contribution in [0.4, 0.5) is 5.82 Å². The first-order valence-electron chi connectivity index (χ1n) is 6.84. The van der Waals surface area contributed by atoms with Gasteiger partial charge in [-0.05, 0) is 27.2 Å². The van der Waals surface area contributed by atoms with E-state index in [4.69, 9.17) is 9.84 Å². The van der Waals surface area contributed by atoms with Crippen molar-refractivity contribution in [1.82, 2.24) is 9.78 Å². The molecule has 0 spiro atoms. The van der Waals surface area contributed by atoms with Crippen molar-refractivity contribution in [2.24, 2.45) is 0 Å². The van der Waals surface area contributed by atoms with Gasteiger partial charge in [0.05, 0.1) is 11.8 Å². The fraction of sp³-hybridized carbons (Fsp3) is 0.500. The van der Waals surface area contributed by atoms with Gasteiger partial charge in [-0.1, -0.05) is 6.92 Å². The van der Waals surface area contributed by atoms with Crippen LogP contribution in [0.15, 0.2) is 17.8 Å². The summed E-state index contributed by atoms with van der Waals surface area (Å²) in [5.41, 5.74) is 0.351. The summed E-state index contributed by atoms with van der Waals surface area (Å²) in [6.45, 7) is 7.93. The number of aliphatic carboxylic acids is 1. The van der Waals surface area contributed by atoms with Crippen LogP contribution in [0.3, 0.4) is 0 Å². The summed E-state index contributed by atoms with van der Waals surface area (Å²) in [4.78, 5) is 23.0. The Morgan fingerprint density at radius 3 is 2.71 bits per heavy atom. The van der Waals surface area contributed by atoms with E-state index < -0.39 is 17.5 Å². The lowest BCUT2D eigenvalue weighted by molar-refractivity contribution is -0.147. The van der Waals surface area contributed by atoms with Crippen LogP contribution in [0.25, 0.3) is 0 Å². The highest BCUT2D eigenvalue weighted by Crippen LogP contribution is 2.11. The molecule has 1 aromatic rings. The lowest BCUT2D eigenvalue weighted by Crippen LogP contribution is -2.21. The van der Waals surface area contributed by atoms with E-state index in [1.165, 1.54) is 0 Å². The fourth-order valence-electron chi connectivity index (χ4n) is 1.59. The minimum atomic E-state index is -1.34.